The van der Waals surface area contributed by atoms with Crippen LogP contribution < -0.4 is 0 Å². The lowest BCUT2D eigenvalue weighted by Gasteiger charge is -2.00. The van der Waals surface area contributed by atoms with Gasteiger partial charge in [0.15, 0.2) is 0 Å². The van der Waals surface area contributed by atoms with Gasteiger partial charge in [0, 0.05) is 6.08 Å². The second-order valence-electron chi connectivity index (χ2n) is 6.34. The van der Waals surface area contributed by atoms with Gasteiger partial charge in [-0.2, -0.15) is 0 Å². The molecule has 0 amide bonds. The van der Waals surface area contributed by atoms with Crippen LogP contribution in [0.4, 0.5) is 0 Å². The molecule has 0 aliphatic heterocycles. The number of ether oxygens (including phenoxy) is 1. The van der Waals surface area contributed by atoms with Gasteiger partial charge in [-0.3, -0.25) is 0 Å². The highest BCUT2D eigenvalue weighted by molar-refractivity contribution is 5.82. The van der Waals surface area contributed by atoms with Crippen LogP contribution in [0, 0.1) is 0 Å². The van der Waals surface area contributed by atoms with Crippen molar-refractivity contribution in [2.75, 3.05) is 6.61 Å². The van der Waals surface area contributed by atoms with Crippen molar-refractivity contribution in [2.24, 2.45) is 0 Å². The zero-order valence-corrected chi connectivity index (χ0v) is 16.4. The number of esters is 1. The Morgan fingerprint density at radius 2 is 1.24 bits per heavy atom. The minimum atomic E-state index is -0.281. The topological polar surface area (TPSA) is 26.3 Å². The Balaban J connectivity index is 3.46. The van der Waals surface area contributed by atoms with E-state index in [-0.39, 0.29) is 5.97 Å². The molecule has 0 aliphatic carbocycles. The van der Waals surface area contributed by atoms with Gasteiger partial charge in [0.25, 0.3) is 0 Å². The van der Waals surface area contributed by atoms with E-state index in [2.05, 4.69) is 19.1 Å². The van der Waals surface area contributed by atoms with Gasteiger partial charge in [-0.25, -0.2) is 4.79 Å². The van der Waals surface area contributed by atoms with E-state index in [1.54, 1.807) is 6.08 Å². The lowest BCUT2D eigenvalue weighted by atomic mass is 10.1. The molecule has 0 rings (SSSR count). The summed E-state index contributed by atoms with van der Waals surface area (Å²) in [6, 6.07) is 0. The third-order valence-electron chi connectivity index (χ3n) is 3.85. The molecule has 0 aromatic carbocycles. The normalized spacial score (nSPS) is 12.2. The van der Waals surface area contributed by atoms with Crippen LogP contribution in [-0.4, -0.2) is 12.6 Å². The summed E-state index contributed by atoms with van der Waals surface area (Å²) >= 11 is 0. The first-order chi connectivity index (χ1) is 12.3. The molecule has 0 heterocycles. The van der Waals surface area contributed by atoms with Gasteiger partial charge in [0.2, 0.25) is 0 Å². The molecule has 0 fully saturated rings. The van der Waals surface area contributed by atoms with Crippen LogP contribution in [-0.2, 0) is 9.53 Å². The second kappa shape index (κ2) is 20.5. The molecule has 0 radical (unpaired) electrons. The van der Waals surface area contributed by atoms with Crippen molar-refractivity contribution < 1.29 is 9.53 Å². The average Bonchev–Trinajstić information content (AvgIpc) is 2.62. The minimum absolute atomic E-state index is 0.281. The number of rotatable bonds is 16. The van der Waals surface area contributed by atoms with Crippen LogP contribution in [0.25, 0.3) is 0 Å². The first kappa shape index (κ1) is 23.4. The molecule has 0 aromatic rings. The smallest absolute Gasteiger partial charge is 0.330 e. The molecule has 2 heteroatoms. The molecule has 0 bridgehead atoms. The summed E-state index contributed by atoms with van der Waals surface area (Å²) in [5.41, 5.74) is 0. The summed E-state index contributed by atoms with van der Waals surface area (Å²) in [6.07, 6.45) is 29.6. The van der Waals surface area contributed by atoms with Crippen molar-refractivity contribution in [3.05, 3.63) is 48.6 Å². The summed E-state index contributed by atoms with van der Waals surface area (Å²) in [5, 5.41) is 0. The highest BCUT2D eigenvalue weighted by Crippen LogP contribution is 2.10. The fraction of sp³-hybridized carbons (Fsp3) is 0.609. The fourth-order valence-electron chi connectivity index (χ4n) is 2.39. The molecule has 2 nitrogen and oxygen atoms in total. The van der Waals surface area contributed by atoms with Crippen molar-refractivity contribution in [1.82, 2.24) is 0 Å². The molecule has 0 atom stereocenters. The molecule has 0 spiro atoms. The van der Waals surface area contributed by atoms with Crippen molar-refractivity contribution in [3.8, 4) is 0 Å². The van der Waals surface area contributed by atoms with Crippen molar-refractivity contribution in [2.45, 2.75) is 84.5 Å². The first-order valence-electron chi connectivity index (χ1n) is 10.1. The Morgan fingerprint density at radius 3 is 1.88 bits per heavy atom. The molecule has 0 unspecified atom stereocenters. The molecular formula is C23H38O2. The van der Waals surface area contributed by atoms with Gasteiger partial charge in [-0.05, 0) is 19.3 Å². The van der Waals surface area contributed by atoms with Crippen LogP contribution in [0.5, 0.6) is 0 Å². The third-order valence-corrected chi connectivity index (χ3v) is 3.85. The van der Waals surface area contributed by atoms with Crippen molar-refractivity contribution >= 4 is 5.97 Å². The zero-order chi connectivity index (χ0) is 18.4. The first-order valence-corrected chi connectivity index (χ1v) is 10.1. The van der Waals surface area contributed by atoms with Crippen molar-refractivity contribution in [1.29, 1.82) is 0 Å². The summed E-state index contributed by atoms with van der Waals surface area (Å²) < 4.78 is 4.93. The highest BCUT2D eigenvalue weighted by Gasteiger charge is 1.92. The van der Waals surface area contributed by atoms with E-state index in [9.17, 15) is 4.79 Å². The van der Waals surface area contributed by atoms with Crippen LogP contribution in [0.15, 0.2) is 48.6 Å². The van der Waals surface area contributed by atoms with E-state index < -0.39 is 0 Å². The summed E-state index contributed by atoms with van der Waals surface area (Å²) in [6.45, 7) is 4.73. The lowest BCUT2D eigenvalue weighted by Crippen LogP contribution is -2.00. The Morgan fingerprint density at radius 1 is 0.680 bits per heavy atom. The number of allylic oxidation sites excluding steroid dienone is 7. The summed E-state index contributed by atoms with van der Waals surface area (Å²) in [4.78, 5) is 11.2. The summed E-state index contributed by atoms with van der Waals surface area (Å²) in [7, 11) is 0. The molecule has 0 saturated carbocycles. The number of carbonyl (C=O) groups excluding carboxylic acids is 1. The van der Waals surface area contributed by atoms with Crippen LogP contribution in [0.3, 0.4) is 0 Å². The van der Waals surface area contributed by atoms with Gasteiger partial charge in [0.1, 0.15) is 0 Å². The summed E-state index contributed by atoms with van der Waals surface area (Å²) in [5.74, 6) is -0.281. The van der Waals surface area contributed by atoms with E-state index in [1.165, 1.54) is 63.9 Å². The van der Waals surface area contributed by atoms with Crippen molar-refractivity contribution in [3.63, 3.8) is 0 Å². The molecular weight excluding hydrogens is 308 g/mol. The Bertz CT molecular complexity index is 402. The maximum atomic E-state index is 11.2. The number of hydrogen-bond donors (Lipinski definition) is 0. The molecule has 25 heavy (non-hydrogen) atoms. The average molecular weight is 347 g/mol. The van der Waals surface area contributed by atoms with E-state index in [4.69, 9.17) is 4.74 Å². The van der Waals surface area contributed by atoms with E-state index in [1.807, 2.05) is 31.2 Å². The van der Waals surface area contributed by atoms with E-state index in [0.717, 1.165) is 12.8 Å². The minimum Gasteiger partial charge on any atom is -0.463 e. The monoisotopic (exact) mass is 346 g/mol. The lowest BCUT2D eigenvalue weighted by molar-refractivity contribution is -0.137. The Labute approximate surface area is 155 Å². The maximum absolute atomic E-state index is 11.2. The zero-order valence-electron chi connectivity index (χ0n) is 16.4. The molecule has 0 N–H and O–H groups in total. The van der Waals surface area contributed by atoms with E-state index >= 15 is 0 Å². The van der Waals surface area contributed by atoms with Crippen LogP contribution in [0.1, 0.15) is 84.5 Å². The standard InChI is InChI=1S/C23H38O2/c1-3-5-6-7-8-9-10-11-12-13-14-15-16-17-18-19-20-21-23(24)25-22-4-2/h14-21H,3-13,22H2,1-2H3/b15-14+,17-16+,19-18+,21-20+. The predicted molar refractivity (Wildman–Crippen MR) is 110 cm³/mol. The maximum Gasteiger partial charge on any atom is 0.330 e. The molecule has 142 valence electrons. The van der Waals surface area contributed by atoms with Gasteiger partial charge < -0.3 is 4.74 Å². The molecule has 0 aromatic heterocycles. The van der Waals surface area contributed by atoms with Crippen LogP contribution >= 0.6 is 0 Å². The van der Waals surface area contributed by atoms with Gasteiger partial charge in [-0.1, -0.05) is 108 Å². The van der Waals surface area contributed by atoms with E-state index in [0.29, 0.717) is 6.61 Å². The SMILES string of the molecule is CCCCCCCCCCC/C=C/C=C/C=C/C=C/C(=O)OCCC. The highest BCUT2D eigenvalue weighted by atomic mass is 16.5. The number of unbranched alkanes of at least 4 members (excludes halogenated alkanes) is 9. The number of hydrogen-bond acceptors (Lipinski definition) is 2. The second-order valence-corrected chi connectivity index (χ2v) is 6.34. The van der Waals surface area contributed by atoms with Crippen LogP contribution in [0.2, 0.25) is 0 Å². The van der Waals surface area contributed by atoms with Gasteiger partial charge in [0.05, 0.1) is 6.61 Å². The van der Waals surface area contributed by atoms with Gasteiger partial charge >= 0.3 is 5.97 Å². The largest absolute Gasteiger partial charge is 0.463 e. The molecule has 0 aliphatic rings. The quantitative estimate of drug-likeness (QED) is 0.129. The Kier molecular flexibility index (Phi) is 19.2. The number of carbonyl (C=O) groups is 1. The Hall–Kier alpha value is -1.57. The van der Waals surface area contributed by atoms with Gasteiger partial charge in [-0.15, -0.1) is 0 Å². The molecule has 0 saturated heterocycles. The predicted octanol–water partition coefficient (Wildman–Crippen LogP) is 7.09. The fourth-order valence-corrected chi connectivity index (χ4v) is 2.39. The third kappa shape index (κ3) is 20.4.